The molecule has 0 aliphatic carbocycles. The molecule has 9 heteroatoms. The van der Waals surface area contributed by atoms with E-state index in [2.05, 4.69) is 0 Å². The summed E-state index contributed by atoms with van der Waals surface area (Å²) < 4.78 is 65.5. The van der Waals surface area contributed by atoms with E-state index in [9.17, 15) is 26.3 Å². The van der Waals surface area contributed by atoms with Crippen LogP contribution in [0.15, 0.2) is 0 Å². The Kier molecular flexibility index (Phi) is 5.14. The van der Waals surface area contributed by atoms with Crippen LogP contribution in [-0.4, -0.2) is 18.1 Å². The summed E-state index contributed by atoms with van der Waals surface area (Å²) in [7, 11) is 0. The van der Waals surface area contributed by atoms with E-state index >= 15 is 0 Å². The minimum atomic E-state index is -4.76. The molecule has 0 saturated carbocycles. The van der Waals surface area contributed by atoms with Crippen molar-refractivity contribution in [2.45, 2.75) is 18.1 Å². The zero-order valence-electron chi connectivity index (χ0n) is 5.89. The summed E-state index contributed by atoms with van der Waals surface area (Å²) >= 11 is 6.05. The Balaban J connectivity index is 4.15. The Bertz CT molecular complexity index is 147. The van der Waals surface area contributed by atoms with Gasteiger partial charge in [-0.1, -0.05) is 0 Å². The van der Waals surface area contributed by atoms with Gasteiger partial charge in [0.15, 0.2) is 0 Å². The van der Waals surface area contributed by atoms with Crippen LogP contribution in [-0.2, 0) is 24.6 Å². The van der Waals surface area contributed by atoms with Gasteiger partial charge in [-0.3, -0.25) is 0 Å². The van der Waals surface area contributed by atoms with Crippen LogP contribution in [0.2, 0.25) is 0 Å². The normalized spacial score (nSPS) is 17.8. The molecule has 0 aromatic carbocycles. The van der Waals surface area contributed by atoms with E-state index in [4.69, 9.17) is 23.2 Å². The Morgan fingerprint density at radius 2 is 1.00 bits per heavy atom. The molecule has 0 aliphatic rings. The fraction of sp³-hybridized carbons (Fsp3) is 1.00. The third-order valence-electron chi connectivity index (χ3n) is 1.12. The van der Waals surface area contributed by atoms with E-state index in [-0.39, 0.29) is 0 Å². The van der Waals surface area contributed by atoms with Crippen LogP contribution in [0.3, 0.4) is 0 Å². The first-order valence-corrected chi connectivity index (χ1v) is 10.2. The molecular weight excluding hydrogens is 434 g/mol. The van der Waals surface area contributed by atoms with Crippen LogP contribution >= 0.6 is 23.2 Å². The van der Waals surface area contributed by atoms with E-state index in [0.29, 0.717) is 0 Å². The van der Waals surface area contributed by atoms with Gasteiger partial charge in [-0.15, -0.1) is 0 Å². The Hall–Kier alpha value is 1.10. The van der Waals surface area contributed by atoms with Gasteiger partial charge in [-0.2, -0.15) is 0 Å². The Morgan fingerprint density at radius 1 is 0.769 bits per heavy atom. The molecule has 0 aliphatic heterocycles. The molecule has 0 fully saturated rings. The number of hydrogen-bond donors (Lipinski definition) is 0. The van der Waals surface area contributed by atoms with Crippen LogP contribution in [0.25, 0.3) is 0 Å². The standard InChI is InChI=1S/2C2HClF3.Hg/c2*3-1-2(4,5)6;/h2*1H;. The van der Waals surface area contributed by atoms with Crippen LogP contribution in [0.1, 0.15) is 0 Å². The zero-order valence-corrected chi connectivity index (χ0v) is 12.9. The zero-order chi connectivity index (χ0) is 10.9. The van der Waals surface area contributed by atoms with Gasteiger partial charge in [0.05, 0.1) is 0 Å². The quantitative estimate of drug-likeness (QED) is 0.355. The molecule has 0 aromatic rings. The van der Waals surface area contributed by atoms with E-state index in [1.807, 2.05) is 0 Å². The molecule has 2 unspecified atom stereocenters. The monoisotopic (exact) mass is 436 g/mol. The van der Waals surface area contributed by atoms with Crippen molar-refractivity contribution in [3.63, 3.8) is 0 Å². The first-order valence-electron chi connectivity index (χ1n) is 2.96. The Morgan fingerprint density at radius 3 is 1.15 bits per heavy atom. The first-order chi connectivity index (χ1) is 5.55. The van der Waals surface area contributed by atoms with Gasteiger partial charge < -0.3 is 0 Å². The second kappa shape index (κ2) is 4.74. The van der Waals surface area contributed by atoms with Gasteiger partial charge in [0.2, 0.25) is 0 Å². The summed E-state index contributed by atoms with van der Waals surface area (Å²) in [6, 6.07) is 0. The SMILES string of the molecule is FC(F)(F)[CH](Cl)[Hg][CH](Cl)C(F)(F)F. The molecule has 0 spiro atoms. The number of hydrogen-bond acceptors (Lipinski definition) is 0. The first kappa shape index (κ1) is 14.1. The number of alkyl halides is 8. The predicted molar refractivity (Wildman–Crippen MR) is 31.4 cm³/mol. The van der Waals surface area contributed by atoms with E-state index in [1.165, 1.54) is 0 Å². The molecule has 0 aromatic heterocycles. The maximum absolute atomic E-state index is 11.7. The second-order valence-corrected chi connectivity index (χ2v) is 15.5. The van der Waals surface area contributed by atoms with E-state index < -0.39 is 42.7 Å². The summed E-state index contributed by atoms with van der Waals surface area (Å²) in [5.41, 5.74) is 0. The minimum absolute atomic E-state index is 2.35. The van der Waals surface area contributed by atoms with Crippen molar-refractivity contribution in [1.82, 2.24) is 0 Å². The van der Waals surface area contributed by atoms with Crippen molar-refractivity contribution in [2.75, 3.05) is 0 Å². The molecule has 0 nitrogen and oxygen atoms in total. The van der Waals surface area contributed by atoms with Gasteiger partial charge >= 0.3 is 92.2 Å². The van der Waals surface area contributed by atoms with Crippen molar-refractivity contribution in [2.24, 2.45) is 0 Å². The molecule has 2 atom stereocenters. The summed E-state index contributed by atoms with van der Waals surface area (Å²) in [6.07, 6.45) is -9.52. The summed E-state index contributed by atoms with van der Waals surface area (Å²) in [4.78, 5) is 0. The fourth-order valence-electron chi connectivity index (χ4n) is 0.449. The van der Waals surface area contributed by atoms with E-state index in [0.717, 1.165) is 0 Å². The van der Waals surface area contributed by atoms with Gasteiger partial charge in [-0.05, 0) is 0 Å². The average molecular weight is 436 g/mol. The fourth-order valence-corrected chi connectivity index (χ4v) is 7.87. The molecule has 0 N–H and O–H groups in total. The van der Waals surface area contributed by atoms with Crippen molar-refractivity contribution in [1.29, 1.82) is 0 Å². The molecule has 0 saturated heterocycles. The van der Waals surface area contributed by atoms with Crippen molar-refractivity contribution in [3.05, 3.63) is 0 Å². The maximum atomic E-state index is 11.7. The van der Waals surface area contributed by atoms with Crippen LogP contribution in [0, 0.1) is 0 Å². The third kappa shape index (κ3) is 5.52. The van der Waals surface area contributed by atoms with Crippen molar-refractivity contribution >= 4 is 23.2 Å². The summed E-state index contributed by atoms with van der Waals surface area (Å²) in [5.74, 6) is 0. The third-order valence-corrected chi connectivity index (χ3v) is 11.6. The molecular formula is C4H2Cl2F6Hg. The van der Waals surface area contributed by atoms with E-state index in [1.54, 1.807) is 0 Å². The predicted octanol–water partition coefficient (Wildman–Crippen LogP) is 3.32. The van der Waals surface area contributed by atoms with Crippen LogP contribution in [0.5, 0.6) is 0 Å². The molecule has 0 heterocycles. The molecule has 0 amide bonds. The Labute approximate surface area is 92.0 Å². The topological polar surface area (TPSA) is 0 Å². The molecule has 0 radical (unpaired) electrons. The van der Waals surface area contributed by atoms with Gasteiger partial charge in [-0.25, -0.2) is 0 Å². The van der Waals surface area contributed by atoms with Crippen LogP contribution in [0.4, 0.5) is 26.3 Å². The molecule has 0 bridgehead atoms. The molecule has 76 valence electrons. The molecule has 0 rings (SSSR count). The van der Waals surface area contributed by atoms with Gasteiger partial charge in [0.1, 0.15) is 0 Å². The second-order valence-electron chi connectivity index (χ2n) is 2.25. The number of halogens is 8. The van der Waals surface area contributed by atoms with Crippen molar-refractivity contribution in [3.8, 4) is 0 Å². The number of rotatable bonds is 2. The summed E-state index contributed by atoms with van der Waals surface area (Å²) in [5, 5.41) is 0. The van der Waals surface area contributed by atoms with Crippen LogP contribution < -0.4 is 0 Å². The van der Waals surface area contributed by atoms with Crippen molar-refractivity contribution < 1.29 is 50.9 Å². The molecule has 13 heavy (non-hydrogen) atoms. The summed E-state index contributed by atoms with van der Waals surface area (Å²) in [6.45, 7) is 0. The average Bonchev–Trinajstić information content (AvgIpc) is 1.82. The van der Waals surface area contributed by atoms with Gasteiger partial charge in [0, 0.05) is 0 Å². The van der Waals surface area contributed by atoms with Gasteiger partial charge in [0.25, 0.3) is 0 Å².